The second-order valence-corrected chi connectivity index (χ2v) is 7.92. The second kappa shape index (κ2) is 9.18. The minimum Gasteiger partial charge on any atom is -0.490 e. The summed E-state index contributed by atoms with van der Waals surface area (Å²) in [4.78, 5) is 31.4. The maximum absolute atomic E-state index is 13.8. The number of nitrogens with zero attached hydrogens (tertiary/aromatic N) is 2. The molecule has 2 unspecified atom stereocenters. The van der Waals surface area contributed by atoms with E-state index in [0.29, 0.717) is 29.5 Å². The van der Waals surface area contributed by atoms with Crippen LogP contribution in [0, 0.1) is 5.82 Å². The third-order valence-electron chi connectivity index (χ3n) is 6.02. The topological polar surface area (TPSA) is 78.0 Å². The van der Waals surface area contributed by atoms with Crippen LogP contribution in [0.15, 0.2) is 30.5 Å². The zero-order valence-electron chi connectivity index (χ0n) is 17.8. The van der Waals surface area contributed by atoms with Gasteiger partial charge >= 0.3 is 11.9 Å². The van der Waals surface area contributed by atoms with Crippen LogP contribution in [0.3, 0.4) is 0 Å². The van der Waals surface area contributed by atoms with Crippen molar-refractivity contribution in [2.75, 3.05) is 13.2 Å². The van der Waals surface area contributed by atoms with E-state index in [-0.39, 0.29) is 37.2 Å². The molecule has 0 radical (unpaired) electrons. The molecule has 2 aliphatic rings. The van der Waals surface area contributed by atoms with Crippen LogP contribution in [0.5, 0.6) is 5.75 Å². The SMILES string of the molecule is CCOC(=O)C(C(=O)OCC)N1C2CCC1CC(Oc1ccnc3ccc(F)cc13)C2. The monoisotopic (exact) mass is 430 g/mol. The summed E-state index contributed by atoms with van der Waals surface area (Å²) in [7, 11) is 0. The van der Waals surface area contributed by atoms with Crippen molar-refractivity contribution >= 4 is 22.8 Å². The van der Waals surface area contributed by atoms with Gasteiger partial charge in [-0.3, -0.25) is 9.88 Å². The molecule has 31 heavy (non-hydrogen) atoms. The van der Waals surface area contributed by atoms with E-state index in [0.717, 1.165) is 12.8 Å². The molecule has 8 heteroatoms. The van der Waals surface area contributed by atoms with Crippen LogP contribution in [0.4, 0.5) is 4.39 Å². The van der Waals surface area contributed by atoms with Gasteiger partial charge in [0.05, 0.1) is 18.7 Å². The van der Waals surface area contributed by atoms with Gasteiger partial charge in [-0.05, 0) is 63.8 Å². The highest BCUT2D eigenvalue weighted by Crippen LogP contribution is 2.40. The zero-order chi connectivity index (χ0) is 22.0. The number of fused-ring (bicyclic) bond motifs is 3. The maximum Gasteiger partial charge on any atom is 0.335 e. The quantitative estimate of drug-likeness (QED) is 0.493. The molecule has 2 atom stereocenters. The Kier molecular flexibility index (Phi) is 6.36. The van der Waals surface area contributed by atoms with Gasteiger partial charge in [-0.25, -0.2) is 14.0 Å². The number of halogens is 1. The van der Waals surface area contributed by atoms with Crippen LogP contribution in [0.25, 0.3) is 10.9 Å². The molecule has 4 rings (SSSR count). The number of hydrogen-bond donors (Lipinski definition) is 0. The first-order valence-electron chi connectivity index (χ1n) is 10.8. The van der Waals surface area contributed by atoms with Crippen LogP contribution in [0.2, 0.25) is 0 Å². The van der Waals surface area contributed by atoms with Gasteiger partial charge in [0.25, 0.3) is 0 Å². The first-order valence-corrected chi connectivity index (χ1v) is 10.8. The molecule has 2 fully saturated rings. The number of ether oxygens (including phenoxy) is 3. The average Bonchev–Trinajstić information content (AvgIpc) is 2.98. The summed E-state index contributed by atoms with van der Waals surface area (Å²) in [5.74, 6) is -0.873. The van der Waals surface area contributed by atoms with Crippen LogP contribution in [0.1, 0.15) is 39.5 Å². The molecule has 2 aliphatic heterocycles. The predicted octanol–water partition coefficient (Wildman–Crippen LogP) is 3.24. The Hall–Kier alpha value is -2.74. The van der Waals surface area contributed by atoms with Gasteiger partial charge in [-0.2, -0.15) is 0 Å². The van der Waals surface area contributed by atoms with Crippen LogP contribution < -0.4 is 4.74 Å². The van der Waals surface area contributed by atoms with Gasteiger partial charge in [0.1, 0.15) is 17.7 Å². The molecule has 166 valence electrons. The summed E-state index contributed by atoms with van der Waals surface area (Å²) in [6.07, 6.45) is 4.59. The Morgan fingerprint density at radius 3 is 2.35 bits per heavy atom. The van der Waals surface area contributed by atoms with Crippen molar-refractivity contribution in [2.45, 2.75) is 63.8 Å². The van der Waals surface area contributed by atoms with E-state index in [1.54, 1.807) is 32.2 Å². The Morgan fingerprint density at radius 1 is 1.10 bits per heavy atom. The number of pyridine rings is 1. The van der Waals surface area contributed by atoms with Crippen LogP contribution in [-0.4, -0.2) is 59.3 Å². The predicted molar refractivity (Wildman–Crippen MR) is 111 cm³/mol. The van der Waals surface area contributed by atoms with Crippen molar-refractivity contribution < 1.29 is 28.2 Å². The molecule has 0 N–H and O–H groups in total. The lowest BCUT2D eigenvalue weighted by Gasteiger charge is -2.41. The van der Waals surface area contributed by atoms with Gasteiger partial charge in [-0.1, -0.05) is 0 Å². The fraction of sp³-hybridized carbons (Fsp3) is 0.522. The first kappa shape index (κ1) is 21.5. The number of carbonyl (C=O) groups excluding carboxylic acids is 2. The maximum atomic E-state index is 13.8. The summed E-state index contributed by atoms with van der Waals surface area (Å²) in [5.41, 5.74) is 0.670. The van der Waals surface area contributed by atoms with E-state index < -0.39 is 18.0 Å². The number of carbonyl (C=O) groups is 2. The average molecular weight is 430 g/mol. The minimum atomic E-state index is -1.05. The van der Waals surface area contributed by atoms with Crippen LogP contribution in [-0.2, 0) is 19.1 Å². The number of piperidine rings is 1. The highest BCUT2D eigenvalue weighted by Gasteiger charge is 2.50. The standard InChI is InChI=1S/C23H27FN2O5/c1-3-29-22(27)21(23(28)30-4-2)26-15-6-7-16(26)13-17(12-15)31-20-9-10-25-19-8-5-14(24)11-18(19)20/h5,8-11,15-17,21H,3-4,6-7,12-13H2,1-2H3. The summed E-state index contributed by atoms with van der Waals surface area (Å²) in [6.45, 7) is 3.85. The van der Waals surface area contributed by atoms with E-state index in [4.69, 9.17) is 14.2 Å². The zero-order valence-corrected chi connectivity index (χ0v) is 17.8. The van der Waals surface area contributed by atoms with Crippen molar-refractivity contribution in [1.29, 1.82) is 0 Å². The lowest BCUT2D eigenvalue weighted by Crippen LogP contribution is -2.57. The summed E-state index contributed by atoms with van der Waals surface area (Å²) in [6, 6.07) is 5.15. The van der Waals surface area contributed by atoms with Crippen LogP contribution >= 0.6 is 0 Å². The molecular weight excluding hydrogens is 403 g/mol. The number of benzene rings is 1. The summed E-state index contributed by atoms with van der Waals surface area (Å²) < 4.78 is 30.4. The first-order chi connectivity index (χ1) is 15.0. The van der Waals surface area contributed by atoms with Gasteiger partial charge in [0.15, 0.2) is 0 Å². The molecule has 2 saturated heterocycles. The normalized spacial score (nSPS) is 23.2. The number of esters is 2. The summed E-state index contributed by atoms with van der Waals surface area (Å²) >= 11 is 0. The third-order valence-corrected chi connectivity index (χ3v) is 6.02. The molecule has 7 nitrogen and oxygen atoms in total. The van der Waals surface area contributed by atoms with Gasteiger partial charge in [0.2, 0.25) is 6.04 Å². The summed E-state index contributed by atoms with van der Waals surface area (Å²) in [5, 5.41) is 0.633. The molecule has 0 spiro atoms. The lowest BCUT2D eigenvalue weighted by molar-refractivity contribution is -0.167. The Morgan fingerprint density at radius 2 is 1.74 bits per heavy atom. The Bertz CT molecular complexity index is 936. The third kappa shape index (κ3) is 4.35. The smallest absolute Gasteiger partial charge is 0.335 e. The van der Waals surface area contributed by atoms with Crippen molar-refractivity contribution in [1.82, 2.24) is 9.88 Å². The van der Waals surface area contributed by atoms with E-state index in [1.165, 1.54) is 12.1 Å². The highest BCUT2D eigenvalue weighted by atomic mass is 19.1. The molecular formula is C23H27FN2O5. The molecule has 1 aromatic carbocycles. The van der Waals surface area contributed by atoms with E-state index >= 15 is 0 Å². The molecule has 1 aromatic heterocycles. The molecule has 2 bridgehead atoms. The fourth-order valence-corrected chi connectivity index (χ4v) is 4.84. The van der Waals surface area contributed by atoms with Gasteiger partial charge in [0, 0.05) is 23.7 Å². The second-order valence-electron chi connectivity index (χ2n) is 7.92. The largest absolute Gasteiger partial charge is 0.490 e. The fourth-order valence-electron chi connectivity index (χ4n) is 4.84. The van der Waals surface area contributed by atoms with E-state index in [1.807, 2.05) is 4.90 Å². The Labute approximate surface area is 180 Å². The number of rotatable bonds is 7. The van der Waals surface area contributed by atoms with Crippen molar-refractivity contribution in [3.05, 3.63) is 36.3 Å². The van der Waals surface area contributed by atoms with Crippen molar-refractivity contribution in [2.24, 2.45) is 0 Å². The molecule has 0 saturated carbocycles. The number of aromatic nitrogens is 1. The minimum absolute atomic E-state index is 0.00685. The van der Waals surface area contributed by atoms with Gasteiger partial charge in [-0.15, -0.1) is 0 Å². The molecule has 0 aliphatic carbocycles. The highest BCUT2D eigenvalue weighted by molar-refractivity contribution is 5.99. The van der Waals surface area contributed by atoms with Crippen molar-refractivity contribution in [3.8, 4) is 5.75 Å². The molecule has 0 amide bonds. The van der Waals surface area contributed by atoms with E-state index in [9.17, 15) is 14.0 Å². The lowest BCUT2D eigenvalue weighted by atomic mass is 9.97. The van der Waals surface area contributed by atoms with E-state index in [2.05, 4.69) is 4.98 Å². The van der Waals surface area contributed by atoms with Crippen molar-refractivity contribution in [3.63, 3.8) is 0 Å². The Balaban J connectivity index is 1.53. The number of hydrogen-bond acceptors (Lipinski definition) is 7. The molecule has 3 heterocycles. The van der Waals surface area contributed by atoms with Gasteiger partial charge < -0.3 is 14.2 Å². The molecule has 2 aromatic rings.